The molecular weight excluding hydrogens is 241 g/mol. The lowest BCUT2D eigenvalue weighted by atomic mass is 10.1. The number of amides is 1. The van der Waals surface area contributed by atoms with Gasteiger partial charge in [0.1, 0.15) is 11.9 Å². The van der Waals surface area contributed by atoms with Crippen LogP contribution in [0.15, 0.2) is 18.2 Å². The van der Waals surface area contributed by atoms with Crippen molar-refractivity contribution in [1.29, 1.82) is 0 Å². The van der Waals surface area contributed by atoms with Gasteiger partial charge in [0.05, 0.1) is 11.3 Å². The average Bonchev–Trinajstić information content (AvgIpc) is 2.81. The molecule has 0 bridgehead atoms. The third kappa shape index (κ3) is 2.65. The Morgan fingerprint density at radius 2 is 2.22 bits per heavy atom. The zero-order chi connectivity index (χ0) is 13.1. The topological polar surface area (TPSA) is 75.6 Å². The van der Waals surface area contributed by atoms with Gasteiger partial charge in [-0.05, 0) is 31.0 Å². The maximum Gasteiger partial charge on any atom is 0.337 e. The van der Waals surface area contributed by atoms with Crippen LogP contribution in [0.4, 0.5) is 10.1 Å². The molecule has 0 saturated carbocycles. The lowest BCUT2D eigenvalue weighted by Crippen LogP contribution is -2.27. The van der Waals surface area contributed by atoms with Crippen LogP contribution in [0.25, 0.3) is 0 Å². The highest BCUT2D eigenvalue weighted by molar-refractivity contribution is 6.01. The maximum atomic E-state index is 13.1. The van der Waals surface area contributed by atoms with E-state index in [1.165, 1.54) is 0 Å². The molecule has 0 aromatic heterocycles. The molecule has 0 spiro atoms. The minimum atomic E-state index is -1.22. The summed E-state index contributed by atoms with van der Waals surface area (Å²) in [7, 11) is 0. The molecule has 1 fully saturated rings. The normalized spacial score (nSPS) is 18.6. The van der Waals surface area contributed by atoms with Crippen LogP contribution in [0.3, 0.4) is 0 Å². The molecule has 6 heteroatoms. The molecule has 2 N–H and O–H groups in total. The minimum absolute atomic E-state index is 0.0528. The quantitative estimate of drug-likeness (QED) is 0.858. The van der Waals surface area contributed by atoms with Crippen molar-refractivity contribution in [3.63, 3.8) is 0 Å². The molecule has 18 heavy (non-hydrogen) atoms. The number of halogens is 1. The van der Waals surface area contributed by atoms with E-state index < -0.39 is 23.8 Å². The minimum Gasteiger partial charge on any atom is -0.478 e. The third-order valence-corrected chi connectivity index (χ3v) is 2.69. The summed E-state index contributed by atoms with van der Waals surface area (Å²) in [5, 5.41) is 11.3. The number of benzene rings is 1. The molecule has 96 valence electrons. The van der Waals surface area contributed by atoms with Crippen molar-refractivity contribution in [3.8, 4) is 0 Å². The van der Waals surface area contributed by atoms with Crippen molar-refractivity contribution < 1.29 is 23.8 Å². The number of carboxylic acids is 1. The Morgan fingerprint density at radius 3 is 2.83 bits per heavy atom. The largest absolute Gasteiger partial charge is 0.478 e. The van der Waals surface area contributed by atoms with E-state index in [4.69, 9.17) is 9.84 Å². The summed E-state index contributed by atoms with van der Waals surface area (Å²) in [6.45, 7) is 0.507. The van der Waals surface area contributed by atoms with Gasteiger partial charge in [0, 0.05) is 6.61 Å². The van der Waals surface area contributed by atoms with E-state index in [2.05, 4.69) is 5.32 Å². The summed E-state index contributed by atoms with van der Waals surface area (Å²) >= 11 is 0. The molecule has 1 aromatic rings. The Morgan fingerprint density at radius 1 is 1.44 bits per heavy atom. The zero-order valence-electron chi connectivity index (χ0n) is 9.48. The highest BCUT2D eigenvalue weighted by Crippen LogP contribution is 2.20. The van der Waals surface area contributed by atoms with E-state index in [0.29, 0.717) is 13.0 Å². The van der Waals surface area contributed by atoms with Crippen LogP contribution in [0.1, 0.15) is 23.2 Å². The Bertz CT molecular complexity index is 483. The predicted molar refractivity (Wildman–Crippen MR) is 61.0 cm³/mol. The van der Waals surface area contributed by atoms with Crippen LogP contribution in [-0.4, -0.2) is 29.7 Å². The number of hydrogen-bond donors (Lipinski definition) is 2. The Hall–Kier alpha value is -1.95. The second kappa shape index (κ2) is 5.14. The van der Waals surface area contributed by atoms with Crippen molar-refractivity contribution in [3.05, 3.63) is 29.6 Å². The first-order chi connectivity index (χ1) is 8.58. The SMILES string of the molecule is O=C(O)c1ccc(F)cc1NC(=O)[C@@H]1CCCO1. The lowest BCUT2D eigenvalue weighted by Gasteiger charge is -2.12. The fraction of sp³-hybridized carbons (Fsp3) is 0.333. The Balaban J connectivity index is 2.19. The van der Waals surface area contributed by atoms with E-state index in [9.17, 15) is 14.0 Å². The van der Waals surface area contributed by atoms with Gasteiger partial charge in [-0.2, -0.15) is 0 Å². The highest BCUT2D eigenvalue weighted by Gasteiger charge is 2.24. The van der Waals surface area contributed by atoms with Crippen molar-refractivity contribution in [2.24, 2.45) is 0 Å². The summed E-state index contributed by atoms with van der Waals surface area (Å²) in [6.07, 6.45) is 0.784. The second-order valence-corrected chi connectivity index (χ2v) is 3.99. The number of aromatic carboxylic acids is 1. The van der Waals surface area contributed by atoms with Crippen molar-refractivity contribution in [1.82, 2.24) is 0 Å². The maximum absolute atomic E-state index is 13.1. The molecule has 0 aliphatic carbocycles. The number of carbonyl (C=O) groups excluding carboxylic acids is 1. The van der Waals surface area contributed by atoms with Crippen LogP contribution in [0.5, 0.6) is 0 Å². The van der Waals surface area contributed by atoms with Crippen LogP contribution in [-0.2, 0) is 9.53 Å². The van der Waals surface area contributed by atoms with Crippen LogP contribution in [0, 0.1) is 5.82 Å². The fourth-order valence-electron chi connectivity index (χ4n) is 1.80. The van der Waals surface area contributed by atoms with Crippen LogP contribution < -0.4 is 5.32 Å². The second-order valence-electron chi connectivity index (χ2n) is 3.99. The van der Waals surface area contributed by atoms with Gasteiger partial charge in [-0.3, -0.25) is 4.79 Å². The van der Waals surface area contributed by atoms with Crippen molar-refractivity contribution >= 4 is 17.6 Å². The van der Waals surface area contributed by atoms with Gasteiger partial charge < -0.3 is 15.2 Å². The van der Waals surface area contributed by atoms with Gasteiger partial charge in [-0.1, -0.05) is 0 Å². The van der Waals surface area contributed by atoms with E-state index in [1.807, 2.05) is 0 Å². The number of hydrogen-bond acceptors (Lipinski definition) is 3. The zero-order valence-corrected chi connectivity index (χ0v) is 9.48. The number of carbonyl (C=O) groups is 2. The molecule has 1 aromatic carbocycles. The molecule has 1 heterocycles. The molecule has 0 unspecified atom stereocenters. The molecule has 1 amide bonds. The van der Waals surface area contributed by atoms with Crippen LogP contribution in [0.2, 0.25) is 0 Å². The molecule has 1 saturated heterocycles. The molecular formula is C12H12FNO4. The van der Waals surface area contributed by atoms with Gasteiger partial charge >= 0.3 is 5.97 Å². The summed E-state index contributed by atoms with van der Waals surface area (Å²) in [5.74, 6) is -2.28. The number of nitrogens with one attached hydrogen (secondary N) is 1. The smallest absolute Gasteiger partial charge is 0.337 e. The highest BCUT2D eigenvalue weighted by atomic mass is 19.1. The van der Waals surface area contributed by atoms with E-state index in [0.717, 1.165) is 24.6 Å². The third-order valence-electron chi connectivity index (χ3n) is 2.69. The molecule has 5 nitrogen and oxygen atoms in total. The van der Waals surface area contributed by atoms with E-state index >= 15 is 0 Å². The Labute approximate surface area is 103 Å². The van der Waals surface area contributed by atoms with Gasteiger partial charge in [0.25, 0.3) is 5.91 Å². The monoisotopic (exact) mass is 253 g/mol. The molecule has 2 rings (SSSR count). The van der Waals surface area contributed by atoms with Gasteiger partial charge in [0.15, 0.2) is 0 Å². The van der Waals surface area contributed by atoms with E-state index in [-0.39, 0.29) is 11.3 Å². The van der Waals surface area contributed by atoms with Gasteiger partial charge in [-0.25, -0.2) is 9.18 Å². The molecule has 1 aliphatic rings. The van der Waals surface area contributed by atoms with Gasteiger partial charge in [0.2, 0.25) is 0 Å². The van der Waals surface area contributed by atoms with Gasteiger partial charge in [-0.15, -0.1) is 0 Å². The van der Waals surface area contributed by atoms with Crippen LogP contribution >= 0.6 is 0 Å². The average molecular weight is 253 g/mol. The molecule has 0 radical (unpaired) electrons. The fourth-order valence-corrected chi connectivity index (χ4v) is 1.80. The first-order valence-corrected chi connectivity index (χ1v) is 5.53. The van der Waals surface area contributed by atoms with E-state index in [1.54, 1.807) is 0 Å². The molecule has 1 aliphatic heterocycles. The number of anilines is 1. The number of carboxylic acid groups (broad SMARTS) is 1. The summed E-state index contributed by atoms with van der Waals surface area (Å²) < 4.78 is 18.2. The predicted octanol–water partition coefficient (Wildman–Crippen LogP) is 1.64. The first-order valence-electron chi connectivity index (χ1n) is 5.53. The summed E-state index contributed by atoms with van der Waals surface area (Å²) in [5.41, 5.74) is -0.203. The summed E-state index contributed by atoms with van der Waals surface area (Å²) in [6, 6.07) is 3.13. The standard InChI is InChI=1S/C12H12FNO4/c13-7-3-4-8(12(16)17)9(6-7)14-11(15)10-2-1-5-18-10/h3-4,6,10H,1-2,5H2,(H,14,15)(H,16,17)/t10-/m0/s1. The number of rotatable bonds is 3. The molecule has 1 atom stereocenters. The Kier molecular flexibility index (Phi) is 3.57. The number of ether oxygens (including phenoxy) is 1. The first kappa shape index (κ1) is 12.5. The van der Waals surface area contributed by atoms with Crippen molar-refractivity contribution in [2.75, 3.05) is 11.9 Å². The lowest BCUT2D eigenvalue weighted by molar-refractivity contribution is -0.124. The van der Waals surface area contributed by atoms with Crippen molar-refractivity contribution in [2.45, 2.75) is 18.9 Å². The summed E-state index contributed by atoms with van der Waals surface area (Å²) in [4.78, 5) is 22.7.